The fourth-order valence-corrected chi connectivity index (χ4v) is 0.711. The Kier molecular flexibility index (Phi) is 5.37. The highest BCUT2D eigenvalue weighted by molar-refractivity contribution is 14.1. The standard InChI is InChI=1S/C6H9IO/c1-2-3-4-6(8)5-7/h2H,1,3-5H2. The second kappa shape index (κ2) is 5.28. The van der Waals surface area contributed by atoms with Gasteiger partial charge in [-0.15, -0.1) is 6.58 Å². The number of carbonyl (C=O) groups excluding carboxylic acids is 1. The molecular formula is C6H9IO. The first-order valence-electron chi connectivity index (χ1n) is 2.49. The number of ketones is 1. The molecule has 2 heteroatoms. The Morgan fingerprint density at radius 2 is 2.38 bits per heavy atom. The molecule has 46 valence electrons. The quantitative estimate of drug-likeness (QED) is 0.405. The van der Waals surface area contributed by atoms with Gasteiger partial charge in [-0.05, 0) is 6.42 Å². The average Bonchev–Trinajstić information content (AvgIpc) is 1.83. The zero-order valence-corrected chi connectivity index (χ0v) is 6.85. The van der Waals surface area contributed by atoms with Gasteiger partial charge in [0, 0.05) is 6.42 Å². The summed E-state index contributed by atoms with van der Waals surface area (Å²) in [6.45, 7) is 3.51. The SMILES string of the molecule is C=CCCC(=O)CI. The lowest BCUT2D eigenvalue weighted by molar-refractivity contribution is -0.116. The van der Waals surface area contributed by atoms with Crippen LogP contribution in [0.25, 0.3) is 0 Å². The second-order valence-electron chi connectivity index (χ2n) is 1.50. The Bertz CT molecular complexity index is 88.5. The predicted molar refractivity (Wildman–Crippen MR) is 43.3 cm³/mol. The molecule has 0 spiro atoms. The summed E-state index contributed by atoms with van der Waals surface area (Å²) in [5.41, 5.74) is 0. The van der Waals surface area contributed by atoms with Crippen molar-refractivity contribution < 1.29 is 4.79 Å². The molecule has 0 bridgehead atoms. The van der Waals surface area contributed by atoms with E-state index in [2.05, 4.69) is 29.2 Å². The van der Waals surface area contributed by atoms with Crippen LogP contribution >= 0.6 is 22.6 Å². The highest BCUT2D eigenvalue weighted by atomic mass is 127. The molecule has 0 saturated carbocycles. The van der Waals surface area contributed by atoms with Crippen molar-refractivity contribution in [2.45, 2.75) is 12.8 Å². The summed E-state index contributed by atoms with van der Waals surface area (Å²) in [6.07, 6.45) is 3.25. The summed E-state index contributed by atoms with van der Waals surface area (Å²) in [6, 6.07) is 0. The highest BCUT2D eigenvalue weighted by Gasteiger charge is 1.93. The van der Waals surface area contributed by atoms with Gasteiger partial charge in [0.05, 0.1) is 4.43 Å². The number of Topliss-reactive ketones (excluding diaryl/α,β-unsaturated/α-hetero) is 1. The minimum atomic E-state index is 0.311. The second-order valence-corrected chi connectivity index (χ2v) is 2.26. The van der Waals surface area contributed by atoms with Crippen LogP contribution in [0.4, 0.5) is 0 Å². The van der Waals surface area contributed by atoms with Crippen molar-refractivity contribution in [1.29, 1.82) is 0 Å². The molecular weight excluding hydrogens is 215 g/mol. The van der Waals surface area contributed by atoms with Crippen LogP contribution in [0.2, 0.25) is 0 Å². The lowest BCUT2D eigenvalue weighted by atomic mass is 10.2. The lowest BCUT2D eigenvalue weighted by Gasteiger charge is -1.87. The van der Waals surface area contributed by atoms with Crippen molar-refractivity contribution in [2.75, 3.05) is 4.43 Å². The van der Waals surface area contributed by atoms with E-state index in [-0.39, 0.29) is 0 Å². The van der Waals surface area contributed by atoms with E-state index in [4.69, 9.17) is 0 Å². The van der Waals surface area contributed by atoms with Gasteiger partial charge in [0.2, 0.25) is 0 Å². The van der Waals surface area contributed by atoms with Crippen LogP contribution in [0, 0.1) is 0 Å². The zero-order chi connectivity index (χ0) is 6.41. The molecule has 0 rings (SSSR count). The molecule has 0 heterocycles. The van der Waals surface area contributed by atoms with E-state index < -0.39 is 0 Å². The fraction of sp³-hybridized carbons (Fsp3) is 0.500. The maximum atomic E-state index is 10.5. The van der Waals surface area contributed by atoms with E-state index in [1.54, 1.807) is 6.08 Å². The molecule has 0 aliphatic heterocycles. The number of allylic oxidation sites excluding steroid dienone is 1. The van der Waals surface area contributed by atoms with Crippen molar-refractivity contribution in [3.05, 3.63) is 12.7 Å². The minimum Gasteiger partial charge on any atom is -0.299 e. The summed E-state index contributed by atoms with van der Waals surface area (Å²) in [5, 5.41) is 0. The Labute approximate surface area is 63.3 Å². The monoisotopic (exact) mass is 224 g/mol. The molecule has 0 atom stereocenters. The van der Waals surface area contributed by atoms with Crippen molar-refractivity contribution in [1.82, 2.24) is 0 Å². The van der Waals surface area contributed by atoms with E-state index >= 15 is 0 Å². The third kappa shape index (κ3) is 4.30. The van der Waals surface area contributed by atoms with Crippen molar-refractivity contribution in [3.63, 3.8) is 0 Å². The lowest BCUT2D eigenvalue weighted by Crippen LogP contribution is -1.95. The summed E-state index contributed by atoms with van der Waals surface area (Å²) >= 11 is 2.07. The average molecular weight is 224 g/mol. The van der Waals surface area contributed by atoms with Crippen LogP contribution in [-0.2, 0) is 4.79 Å². The maximum absolute atomic E-state index is 10.5. The van der Waals surface area contributed by atoms with Gasteiger partial charge < -0.3 is 0 Å². The van der Waals surface area contributed by atoms with E-state index in [1.807, 2.05) is 0 Å². The minimum absolute atomic E-state index is 0.311. The summed E-state index contributed by atoms with van der Waals surface area (Å²) in [7, 11) is 0. The number of halogens is 1. The fourth-order valence-electron chi connectivity index (χ4n) is 0.330. The zero-order valence-electron chi connectivity index (χ0n) is 4.69. The Hall–Kier alpha value is 0.140. The molecule has 0 amide bonds. The van der Waals surface area contributed by atoms with Crippen molar-refractivity contribution >= 4 is 28.4 Å². The molecule has 0 radical (unpaired) electrons. The van der Waals surface area contributed by atoms with Crippen molar-refractivity contribution in [2.24, 2.45) is 0 Å². The van der Waals surface area contributed by atoms with E-state index in [0.29, 0.717) is 16.6 Å². The Morgan fingerprint density at radius 1 is 1.75 bits per heavy atom. The molecule has 0 aromatic rings. The third-order valence-electron chi connectivity index (χ3n) is 0.776. The Balaban J connectivity index is 3.11. The topological polar surface area (TPSA) is 17.1 Å². The molecule has 0 aromatic carbocycles. The number of alkyl halides is 1. The maximum Gasteiger partial charge on any atom is 0.142 e. The van der Waals surface area contributed by atoms with Crippen LogP contribution in [0.5, 0.6) is 0 Å². The van der Waals surface area contributed by atoms with Crippen LogP contribution in [-0.4, -0.2) is 10.2 Å². The molecule has 0 aliphatic rings. The van der Waals surface area contributed by atoms with E-state index in [9.17, 15) is 4.79 Å². The molecule has 0 aliphatic carbocycles. The summed E-state index contributed by atoms with van der Waals surface area (Å²) < 4.78 is 0.631. The molecule has 0 saturated heterocycles. The van der Waals surface area contributed by atoms with Gasteiger partial charge in [-0.25, -0.2) is 0 Å². The number of carbonyl (C=O) groups is 1. The number of hydrogen-bond acceptors (Lipinski definition) is 1. The van der Waals surface area contributed by atoms with Gasteiger partial charge in [-0.2, -0.15) is 0 Å². The van der Waals surface area contributed by atoms with Gasteiger partial charge in [0.1, 0.15) is 5.78 Å². The molecule has 0 unspecified atom stereocenters. The van der Waals surface area contributed by atoms with Gasteiger partial charge in [-0.3, -0.25) is 4.79 Å². The number of hydrogen-bond donors (Lipinski definition) is 0. The Morgan fingerprint density at radius 3 is 2.75 bits per heavy atom. The van der Waals surface area contributed by atoms with Crippen LogP contribution in [0.1, 0.15) is 12.8 Å². The van der Waals surface area contributed by atoms with E-state index in [0.717, 1.165) is 6.42 Å². The van der Waals surface area contributed by atoms with Gasteiger partial charge in [0.15, 0.2) is 0 Å². The molecule has 0 fully saturated rings. The van der Waals surface area contributed by atoms with Crippen molar-refractivity contribution in [3.8, 4) is 0 Å². The smallest absolute Gasteiger partial charge is 0.142 e. The normalized spacial score (nSPS) is 8.62. The first-order valence-corrected chi connectivity index (χ1v) is 4.02. The first kappa shape index (κ1) is 8.14. The molecule has 0 aromatic heterocycles. The van der Waals surface area contributed by atoms with Crippen LogP contribution < -0.4 is 0 Å². The summed E-state index contributed by atoms with van der Waals surface area (Å²) in [4.78, 5) is 10.5. The molecule has 0 N–H and O–H groups in total. The predicted octanol–water partition coefficient (Wildman–Crippen LogP) is 1.96. The third-order valence-corrected chi connectivity index (χ3v) is 1.63. The van der Waals surface area contributed by atoms with E-state index in [1.165, 1.54) is 0 Å². The number of rotatable bonds is 4. The van der Waals surface area contributed by atoms with Gasteiger partial charge >= 0.3 is 0 Å². The van der Waals surface area contributed by atoms with Gasteiger partial charge in [-0.1, -0.05) is 28.7 Å². The summed E-state index contributed by atoms with van der Waals surface area (Å²) in [5.74, 6) is 0.311. The molecule has 1 nitrogen and oxygen atoms in total. The largest absolute Gasteiger partial charge is 0.299 e. The first-order chi connectivity index (χ1) is 3.81. The van der Waals surface area contributed by atoms with Crippen LogP contribution in [0.3, 0.4) is 0 Å². The van der Waals surface area contributed by atoms with Gasteiger partial charge in [0.25, 0.3) is 0 Å². The van der Waals surface area contributed by atoms with Crippen LogP contribution in [0.15, 0.2) is 12.7 Å². The molecule has 8 heavy (non-hydrogen) atoms. The highest BCUT2D eigenvalue weighted by Crippen LogP contribution is 1.94.